The van der Waals surface area contributed by atoms with Crippen molar-refractivity contribution in [3.05, 3.63) is 92.1 Å². The molecule has 8 nitrogen and oxygen atoms in total. The first-order valence-corrected chi connectivity index (χ1v) is 9.91. The van der Waals surface area contributed by atoms with Gasteiger partial charge in [0.15, 0.2) is 0 Å². The van der Waals surface area contributed by atoms with Gasteiger partial charge in [-0.1, -0.05) is 48.5 Å². The molecule has 2 heterocycles. The zero-order valence-electron chi connectivity index (χ0n) is 17.2. The average molecular weight is 418 g/mol. The predicted molar refractivity (Wildman–Crippen MR) is 117 cm³/mol. The van der Waals surface area contributed by atoms with Gasteiger partial charge >= 0.3 is 5.69 Å². The largest absolute Gasteiger partial charge is 0.332 e. The molecule has 0 bridgehead atoms. The molecule has 0 saturated carbocycles. The lowest BCUT2D eigenvalue weighted by Gasteiger charge is -2.14. The van der Waals surface area contributed by atoms with Gasteiger partial charge in [-0.05, 0) is 24.1 Å². The number of rotatable bonds is 5. The molecular formula is C23H22N4O4. The van der Waals surface area contributed by atoms with Crippen LogP contribution in [-0.4, -0.2) is 20.9 Å². The van der Waals surface area contributed by atoms with Crippen molar-refractivity contribution in [2.75, 3.05) is 10.6 Å². The molecule has 1 atom stereocenters. The molecule has 31 heavy (non-hydrogen) atoms. The molecule has 4 rings (SSSR count). The number of benzene rings is 2. The second-order valence-corrected chi connectivity index (χ2v) is 7.59. The van der Waals surface area contributed by atoms with Crippen molar-refractivity contribution in [1.82, 2.24) is 9.13 Å². The van der Waals surface area contributed by atoms with Gasteiger partial charge < -0.3 is 10.6 Å². The van der Waals surface area contributed by atoms with Gasteiger partial charge in [-0.3, -0.25) is 23.5 Å². The number of fused-ring (bicyclic) bond motifs is 1. The van der Waals surface area contributed by atoms with E-state index in [0.717, 1.165) is 15.7 Å². The zero-order chi connectivity index (χ0) is 22.1. The molecule has 1 aromatic heterocycles. The Bertz CT molecular complexity index is 1290. The molecule has 0 aliphatic carbocycles. The third-order valence-corrected chi connectivity index (χ3v) is 5.48. The van der Waals surface area contributed by atoms with Crippen molar-refractivity contribution in [1.29, 1.82) is 0 Å². The van der Waals surface area contributed by atoms with Gasteiger partial charge in [0, 0.05) is 19.2 Å². The van der Waals surface area contributed by atoms with E-state index in [1.54, 1.807) is 12.1 Å². The minimum atomic E-state index is -0.972. The van der Waals surface area contributed by atoms with Crippen LogP contribution in [0.3, 0.4) is 0 Å². The molecule has 2 N–H and O–H groups in total. The standard InChI is InChI=1S/C23H22N4O4/c1-14-8-6-7-11-17(14)24-18(28)12-16-19-20(25-21(16)29)27(23(31)26(2)22(19)30)13-15-9-4-3-5-10-15/h3-11,16H,12-13H2,1-2H3,(H,24,28)(H,25,29)/t16-/m0/s1. The van der Waals surface area contributed by atoms with Crippen LogP contribution in [0.5, 0.6) is 0 Å². The summed E-state index contributed by atoms with van der Waals surface area (Å²) in [6.45, 7) is 2.06. The number of para-hydroxylation sites is 1. The van der Waals surface area contributed by atoms with Crippen molar-refractivity contribution in [2.45, 2.75) is 25.8 Å². The monoisotopic (exact) mass is 418 g/mol. The van der Waals surface area contributed by atoms with E-state index < -0.39 is 23.1 Å². The highest BCUT2D eigenvalue weighted by molar-refractivity contribution is 6.05. The van der Waals surface area contributed by atoms with E-state index in [2.05, 4.69) is 10.6 Å². The Morgan fingerprint density at radius 2 is 1.71 bits per heavy atom. The van der Waals surface area contributed by atoms with Crippen LogP contribution in [0, 0.1) is 6.92 Å². The van der Waals surface area contributed by atoms with Gasteiger partial charge in [-0.15, -0.1) is 0 Å². The summed E-state index contributed by atoms with van der Waals surface area (Å²) in [6, 6.07) is 16.6. The predicted octanol–water partition coefficient (Wildman–Crippen LogP) is 1.97. The van der Waals surface area contributed by atoms with Gasteiger partial charge in [0.2, 0.25) is 11.8 Å². The van der Waals surface area contributed by atoms with E-state index >= 15 is 0 Å². The SMILES string of the molecule is Cc1ccccc1NC(=O)C[C@@H]1C(=O)Nc2c1c(=O)n(C)c(=O)n2Cc1ccccc1. The van der Waals surface area contributed by atoms with E-state index in [-0.39, 0.29) is 30.3 Å². The summed E-state index contributed by atoms with van der Waals surface area (Å²) in [5, 5.41) is 5.45. The molecule has 0 saturated heterocycles. The van der Waals surface area contributed by atoms with Crippen LogP contribution in [0.2, 0.25) is 0 Å². The summed E-state index contributed by atoms with van der Waals surface area (Å²) in [4.78, 5) is 51.0. The summed E-state index contributed by atoms with van der Waals surface area (Å²) < 4.78 is 2.34. The van der Waals surface area contributed by atoms with Crippen molar-refractivity contribution < 1.29 is 9.59 Å². The smallest absolute Gasteiger partial charge is 0.326 e. The second-order valence-electron chi connectivity index (χ2n) is 7.59. The van der Waals surface area contributed by atoms with Crippen LogP contribution in [0.25, 0.3) is 0 Å². The number of nitrogens with one attached hydrogen (secondary N) is 2. The van der Waals surface area contributed by atoms with Crippen LogP contribution < -0.4 is 21.9 Å². The highest BCUT2D eigenvalue weighted by Crippen LogP contribution is 2.32. The summed E-state index contributed by atoms with van der Waals surface area (Å²) in [6.07, 6.45) is -0.202. The number of aromatic nitrogens is 2. The normalized spacial score (nSPS) is 14.8. The maximum atomic E-state index is 12.9. The first-order valence-electron chi connectivity index (χ1n) is 9.91. The van der Waals surface area contributed by atoms with Crippen LogP contribution >= 0.6 is 0 Å². The van der Waals surface area contributed by atoms with Gasteiger partial charge in [0.05, 0.1) is 18.0 Å². The first kappa shape index (κ1) is 20.3. The van der Waals surface area contributed by atoms with Crippen LogP contribution in [-0.2, 0) is 23.2 Å². The number of amides is 2. The highest BCUT2D eigenvalue weighted by Gasteiger charge is 2.38. The summed E-state index contributed by atoms with van der Waals surface area (Å²) in [5.41, 5.74) is 1.42. The molecule has 0 radical (unpaired) electrons. The lowest BCUT2D eigenvalue weighted by Crippen LogP contribution is -2.40. The average Bonchev–Trinajstić information content (AvgIpc) is 3.08. The fourth-order valence-electron chi connectivity index (χ4n) is 3.78. The number of anilines is 2. The number of carbonyl (C=O) groups is 2. The van der Waals surface area contributed by atoms with Gasteiger partial charge in [-0.25, -0.2) is 4.79 Å². The maximum Gasteiger partial charge on any atom is 0.332 e. The molecule has 3 aromatic rings. The Labute approximate surface area is 178 Å². The summed E-state index contributed by atoms with van der Waals surface area (Å²) in [7, 11) is 1.37. The minimum Gasteiger partial charge on any atom is -0.326 e. The van der Waals surface area contributed by atoms with Crippen molar-refractivity contribution in [3.63, 3.8) is 0 Å². The first-order chi connectivity index (χ1) is 14.9. The molecule has 2 amide bonds. The Balaban J connectivity index is 1.69. The van der Waals surface area contributed by atoms with Gasteiger partial charge in [0.25, 0.3) is 5.56 Å². The third-order valence-electron chi connectivity index (χ3n) is 5.48. The second kappa shape index (κ2) is 8.06. The number of nitrogens with zero attached hydrogens (tertiary/aromatic N) is 2. The number of hydrogen-bond donors (Lipinski definition) is 2. The quantitative estimate of drug-likeness (QED) is 0.661. The van der Waals surface area contributed by atoms with Gasteiger partial charge in [0.1, 0.15) is 5.82 Å². The Hall–Kier alpha value is -3.94. The number of hydrogen-bond acceptors (Lipinski definition) is 4. The van der Waals surface area contributed by atoms with Crippen LogP contribution in [0.4, 0.5) is 11.5 Å². The molecule has 1 aliphatic heterocycles. The zero-order valence-corrected chi connectivity index (χ0v) is 17.2. The van der Waals surface area contributed by atoms with E-state index in [0.29, 0.717) is 5.69 Å². The molecule has 1 aliphatic rings. The number of carbonyl (C=O) groups excluding carboxylic acids is 2. The van der Waals surface area contributed by atoms with Crippen LogP contribution in [0.15, 0.2) is 64.2 Å². The highest BCUT2D eigenvalue weighted by atomic mass is 16.2. The Kier molecular flexibility index (Phi) is 5.29. The Morgan fingerprint density at radius 1 is 1.03 bits per heavy atom. The van der Waals surface area contributed by atoms with Crippen molar-refractivity contribution in [3.8, 4) is 0 Å². The van der Waals surface area contributed by atoms with E-state index in [4.69, 9.17) is 0 Å². The lowest BCUT2D eigenvalue weighted by molar-refractivity contribution is -0.122. The van der Waals surface area contributed by atoms with E-state index in [1.165, 1.54) is 11.6 Å². The Morgan fingerprint density at radius 3 is 2.42 bits per heavy atom. The lowest BCUT2D eigenvalue weighted by atomic mass is 9.98. The molecule has 2 aromatic carbocycles. The number of aryl methyl sites for hydroxylation is 1. The third kappa shape index (κ3) is 3.79. The van der Waals surface area contributed by atoms with Crippen molar-refractivity contribution >= 4 is 23.3 Å². The van der Waals surface area contributed by atoms with E-state index in [9.17, 15) is 19.2 Å². The van der Waals surface area contributed by atoms with E-state index in [1.807, 2.05) is 49.4 Å². The van der Waals surface area contributed by atoms with Crippen LogP contribution in [0.1, 0.15) is 29.0 Å². The molecule has 0 unspecified atom stereocenters. The molecule has 158 valence electrons. The molecule has 0 spiro atoms. The summed E-state index contributed by atoms with van der Waals surface area (Å²) >= 11 is 0. The molecule has 0 fully saturated rings. The maximum absolute atomic E-state index is 12.9. The fourth-order valence-corrected chi connectivity index (χ4v) is 3.78. The van der Waals surface area contributed by atoms with Gasteiger partial charge in [-0.2, -0.15) is 0 Å². The topological polar surface area (TPSA) is 102 Å². The minimum absolute atomic E-state index is 0.142. The molecule has 8 heteroatoms. The fraction of sp³-hybridized carbons (Fsp3) is 0.217. The summed E-state index contributed by atoms with van der Waals surface area (Å²) in [5.74, 6) is -1.67. The molecular weight excluding hydrogens is 396 g/mol. The van der Waals surface area contributed by atoms with Crippen molar-refractivity contribution in [2.24, 2.45) is 7.05 Å².